The molecule has 0 aliphatic carbocycles. The lowest BCUT2D eigenvalue weighted by molar-refractivity contribution is -0.140. The lowest BCUT2D eigenvalue weighted by atomic mass is 9.91. The van der Waals surface area contributed by atoms with Crippen LogP contribution in [0.15, 0.2) is 4.79 Å². The highest BCUT2D eigenvalue weighted by Gasteiger charge is 2.28. The summed E-state index contributed by atoms with van der Waals surface area (Å²) in [5.74, 6) is -1.62. The van der Waals surface area contributed by atoms with Crippen molar-refractivity contribution in [1.29, 1.82) is 0 Å². The van der Waals surface area contributed by atoms with Crippen LogP contribution in [0.3, 0.4) is 0 Å². The number of carbonyl (C=O) groups is 1. The summed E-state index contributed by atoms with van der Waals surface area (Å²) in [6.45, 7) is 5.29. The van der Waals surface area contributed by atoms with E-state index in [0.717, 1.165) is 0 Å². The van der Waals surface area contributed by atoms with Gasteiger partial charge >= 0.3 is 5.97 Å². The van der Waals surface area contributed by atoms with Gasteiger partial charge in [0.15, 0.2) is 0 Å². The molecule has 1 rings (SSSR count). The van der Waals surface area contributed by atoms with E-state index >= 15 is 0 Å². The van der Waals surface area contributed by atoms with E-state index in [-0.39, 0.29) is 11.5 Å². The molecule has 0 aromatic carbocycles. The number of carboxylic acid groups (broad SMARTS) is 1. The Balaban J connectivity index is 3.30. The molecule has 1 heterocycles. The van der Waals surface area contributed by atoms with Crippen LogP contribution in [0.1, 0.15) is 31.0 Å². The zero-order chi connectivity index (χ0) is 11.7. The zero-order valence-corrected chi connectivity index (χ0v) is 9.37. The molecule has 0 bridgehead atoms. The number of aromatic nitrogens is 2. The second-order valence-corrected chi connectivity index (χ2v) is 4.07. The summed E-state index contributed by atoms with van der Waals surface area (Å²) in [5.41, 5.74) is 0.820. The minimum Gasteiger partial charge on any atom is -0.481 e. The third kappa shape index (κ3) is 1.95. The third-order valence-corrected chi connectivity index (χ3v) is 2.56. The molecule has 1 aromatic rings. The second-order valence-electron chi connectivity index (χ2n) is 4.07. The lowest BCUT2D eigenvalue weighted by Crippen LogP contribution is -2.19. The average molecular weight is 212 g/mol. The van der Waals surface area contributed by atoms with E-state index in [9.17, 15) is 9.59 Å². The van der Waals surface area contributed by atoms with E-state index in [1.165, 1.54) is 4.68 Å². The molecule has 0 aliphatic rings. The Morgan fingerprint density at radius 1 is 1.47 bits per heavy atom. The first-order chi connectivity index (χ1) is 6.86. The number of nitrogens with one attached hydrogen (secondary N) is 1. The molecule has 0 saturated carbocycles. The van der Waals surface area contributed by atoms with Crippen LogP contribution in [0.25, 0.3) is 0 Å². The first-order valence-corrected chi connectivity index (χ1v) is 4.84. The standard InChI is InChI=1S/C10H16N2O3/c1-5(2)7(10(14)15)8-6(3)9(13)12(4)11-8/h5,7,11H,1-4H3,(H,14,15). The van der Waals surface area contributed by atoms with E-state index in [4.69, 9.17) is 5.11 Å². The molecule has 0 radical (unpaired) electrons. The van der Waals surface area contributed by atoms with Crippen molar-refractivity contribution in [3.05, 3.63) is 21.6 Å². The van der Waals surface area contributed by atoms with Crippen molar-refractivity contribution >= 4 is 5.97 Å². The van der Waals surface area contributed by atoms with Crippen molar-refractivity contribution < 1.29 is 9.90 Å². The molecule has 15 heavy (non-hydrogen) atoms. The van der Waals surface area contributed by atoms with Crippen LogP contribution in [-0.4, -0.2) is 20.9 Å². The van der Waals surface area contributed by atoms with Gasteiger partial charge in [-0.3, -0.25) is 19.4 Å². The molecule has 0 spiro atoms. The average Bonchev–Trinajstić information content (AvgIpc) is 2.33. The maximum absolute atomic E-state index is 11.5. The van der Waals surface area contributed by atoms with Crippen LogP contribution in [-0.2, 0) is 11.8 Å². The Kier molecular flexibility index (Phi) is 3.02. The van der Waals surface area contributed by atoms with Gasteiger partial charge in [0.2, 0.25) is 0 Å². The molecule has 0 fully saturated rings. The van der Waals surface area contributed by atoms with Crippen molar-refractivity contribution in [1.82, 2.24) is 9.78 Å². The molecule has 1 aromatic heterocycles. The van der Waals surface area contributed by atoms with Gasteiger partial charge in [-0.25, -0.2) is 0 Å². The quantitative estimate of drug-likeness (QED) is 0.779. The van der Waals surface area contributed by atoms with Gasteiger partial charge < -0.3 is 5.11 Å². The normalized spacial score (nSPS) is 13.1. The Morgan fingerprint density at radius 3 is 2.27 bits per heavy atom. The number of rotatable bonds is 3. The number of aromatic amines is 1. The number of carboxylic acids is 1. The van der Waals surface area contributed by atoms with Crippen molar-refractivity contribution in [2.75, 3.05) is 0 Å². The highest BCUT2D eigenvalue weighted by atomic mass is 16.4. The molecule has 0 aliphatic heterocycles. The molecule has 0 saturated heterocycles. The third-order valence-electron chi connectivity index (χ3n) is 2.56. The molecular weight excluding hydrogens is 196 g/mol. The van der Waals surface area contributed by atoms with Crippen molar-refractivity contribution in [3.63, 3.8) is 0 Å². The lowest BCUT2D eigenvalue weighted by Gasteiger charge is -2.15. The Morgan fingerprint density at radius 2 is 2.00 bits per heavy atom. The molecule has 5 heteroatoms. The number of aryl methyl sites for hydroxylation is 1. The summed E-state index contributed by atoms with van der Waals surface area (Å²) < 4.78 is 1.31. The summed E-state index contributed by atoms with van der Waals surface area (Å²) in [5, 5.41) is 11.9. The van der Waals surface area contributed by atoms with Crippen LogP contribution in [0, 0.1) is 12.8 Å². The van der Waals surface area contributed by atoms with E-state index in [1.807, 2.05) is 13.8 Å². The van der Waals surface area contributed by atoms with Crippen LogP contribution in [0.2, 0.25) is 0 Å². The molecule has 1 unspecified atom stereocenters. The number of hydrogen-bond donors (Lipinski definition) is 2. The maximum atomic E-state index is 11.5. The molecule has 84 valence electrons. The minimum absolute atomic E-state index is 0.0563. The second kappa shape index (κ2) is 3.92. The summed E-state index contributed by atoms with van der Waals surface area (Å²) in [7, 11) is 1.58. The first kappa shape index (κ1) is 11.6. The zero-order valence-electron chi connectivity index (χ0n) is 9.37. The van der Waals surface area contributed by atoms with Gasteiger partial charge in [0.25, 0.3) is 5.56 Å². The molecule has 0 amide bonds. The van der Waals surface area contributed by atoms with Crippen molar-refractivity contribution in [2.45, 2.75) is 26.7 Å². The van der Waals surface area contributed by atoms with E-state index < -0.39 is 11.9 Å². The van der Waals surface area contributed by atoms with E-state index in [0.29, 0.717) is 11.3 Å². The SMILES string of the molecule is Cc1c(C(C(=O)O)C(C)C)[nH]n(C)c1=O. The van der Waals surface area contributed by atoms with Gasteiger partial charge in [0, 0.05) is 12.6 Å². The highest BCUT2D eigenvalue weighted by Crippen LogP contribution is 2.24. The molecule has 5 nitrogen and oxygen atoms in total. The predicted molar refractivity (Wildman–Crippen MR) is 56.0 cm³/mol. The van der Waals surface area contributed by atoms with Crippen LogP contribution >= 0.6 is 0 Å². The topological polar surface area (TPSA) is 75.1 Å². The fourth-order valence-corrected chi connectivity index (χ4v) is 1.73. The van der Waals surface area contributed by atoms with E-state index in [1.54, 1.807) is 14.0 Å². The predicted octanol–water partition coefficient (Wildman–Crippen LogP) is 0.846. The van der Waals surface area contributed by atoms with Crippen LogP contribution in [0.4, 0.5) is 0 Å². The van der Waals surface area contributed by atoms with Gasteiger partial charge in [0.1, 0.15) is 5.92 Å². The van der Waals surface area contributed by atoms with Gasteiger partial charge in [-0.1, -0.05) is 13.8 Å². The Labute approximate surface area is 87.7 Å². The molecule has 1 atom stereocenters. The fourth-order valence-electron chi connectivity index (χ4n) is 1.73. The van der Waals surface area contributed by atoms with Crippen LogP contribution < -0.4 is 5.56 Å². The highest BCUT2D eigenvalue weighted by molar-refractivity contribution is 5.76. The smallest absolute Gasteiger partial charge is 0.312 e. The van der Waals surface area contributed by atoms with Crippen molar-refractivity contribution in [2.24, 2.45) is 13.0 Å². The van der Waals surface area contributed by atoms with Crippen LogP contribution in [0.5, 0.6) is 0 Å². The fraction of sp³-hybridized carbons (Fsp3) is 0.600. The summed E-state index contributed by atoms with van der Waals surface area (Å²) in [6, 6.07) is 0. The van der Waals surface area contributed by atoms with E-state index in [2.05, 4.69) is 5.10 Å². The molecule has 2 N–H and O–H groups in total. The first-order valence-electron chi connectivity index (χ1n) is 4.84. The summed E-state index contributed by atoms with van der Waals surface area (Å²) in [4.78, 5) is 22.6. The number of H-pyrrole nitrogens is 1. The summed E-state index contributed by atoms with van der Waals surface area (Å²) in [6.07, 6.45) is 0. The summed E-state index contributed by atoms with van der Waals surface area (Å²) >= 11 is 0. The van der Waals surface area contributed by atoms with Crippen molar-refractivity contribution in [3.8, 4) is 0 Å². The number of hydrogen-bond acceptors (Lipinski definition) is 2. The number of aliphatic carboxylic acids is 1. The number of nitrogens with zero attached hydrogens (tertiary/aromatic N) is 1. The maximum Gasteiger partial charge on any atom is 0.312 e. The monoisotopic (exact) mass is 212 g/mol. The van der Waals surface area contributed by atoms with Gasteiger partial charge in [-0.15, -0.1) is 0 Å². The van der Waals surface area contributed by atoms with Gasteiger partial charge in [-0.05, 0) is 12.8 Å². The molecular formula is C10H16N2O3. The minimum atomic E-state index is -0.907. The van der Waals surface area contributed by atoms with Gasteiger partial charge in [0.05, 0.1) is 5.69 Å². The van der Waals surface area contributed by atoms with Gasteiger partial charge in [-0.2, -0.15) is 0 Å². The Hall–Kier alpha value is -1.52. The Bertz CT molecular complexity index is 428. The largest absolute Gasteiger partial charge is 0.481 e.